The van der Waals surface area contributed by atoms with Crippen molar-refractivity contribution in [3.8, 4) is 11.3 Å². The average molecular weight is 240 g/mol. The van der Waals surface area contributed by atoms with Gasteiger partial charge in [-0.1, -0.05) is 23.7 Å². The van der Waals surface area contributed by atoms with Crippen LogP contribution < -0.4 is 10.9 Å². The quantitative estimate of drug-likeness (QED) is 0.647. The first kappa shape index (κ1) is 10.4. The molecule has 0 aliphatic carbocycles. The lowest BCUT2D eigenvalue weighted by atomic mass is 10.2. The van der Waals surface area contributed by atoms with Crippen LogP contribution in [0.1, 0.15) is 0 Å². The van der Waals surface area contributed by atoms with Crippen molar-refractivity contribution >= 4 is 28.1 Å². The first-order valence-electron chi connectivity index (χ1n) is 4.37. The van der Waals surface area contributed by atoms with E-state index in [1.165, 1.54) is 16.3 Å². The number of rotatable bonds is 2. The predicted molar refractivity (Wildman–Crippen MR) is 65.2 cm³/mol. The summed E-state index contributed by atoms with van der Waals surface area (Å²) >= 11 is 7.32. The van der Waals surface area contributed by atoms with E-state index in [4.69, 9.17) is 17.4 Å². The maximum Gasteiger partial charge on any atom is 0.199 e. The second-order valence-corrected chi connectivity index (χ2v) is 4.41. The molecule has 0 atom stereocenters. The lowest BCUT2D eigenvalue weighted by Crippen LogP contribution is -2.24. The first-order chi connectivity index (χ1) is 7.16. The molecule has 5 heteroatoms. The Morgan fingerprint density at radius 3 is 2.53 bits per heavy atom. The molecule has 78 valence electrons. The van der Waals surface area contributed by atoms with Crippen molar-refractivity contribution in [2.24, 2.45) is 5.84 Å². The summed E-state index contributed by atoms with van der Waals surface area (Å²) in [4.78, 5) is 4.39. The molecule has 0 bridgehead atoms. The van der Waals surface area contributed by atoms with Gasteiger partial charge in [-0.3, -0.25) is 5.01 Å². The zero-order valence-electron chi connectivity index (χ0n) is 8.14. The van der Waals surface area contributed by atoms with Crippen LogP contribution in [0.3, 0.4) is 0 Å². The molecule has 0 saturated carbocycles. The normalized spacial score (nSPS) is 10.3. The van der Waals surface area contributed by atoms with Crippen molar-refractivity contribution in [2.45, 2.75) is 0 Å². The van der Waals surface area contributed by atoms with Crippen molar-refractivity contribution < 1.29 is 0 Å². The van der Waals surface area contributed by atoms with Gasteiger partial charge in [-0.2, -0.15) is 0 Å². The van der Waals surface area contributed by atoms with E-state index >= 15 is 0 Å². The third kappa shape index (κ3) is 2.28. The van der Waals surface area contributed by atoms with E-state index in [-0.39, 0.29) is 0 Å². The number of nitrogens with two attached hydrogens (primary N) is 1. The highest BCUT2D eigenvalue weighted by Gasteiger charge is 2.05. The van der Waals surface area contributed by atoms with Crippen molar-refractivity contribution in [1.29, 1.82) is 0 Å². The van der Waals surface area contributed by atoms with Gasteiger partial charge in [0.25, 0.3) is 0 Å². The molecule has 0 aliphatic rings. The Bertz CT molecular complexity index is 450. The summed E-state index contributed by atoms with van der Waals surface area (Å²) in [5.41, 5.74) is 1.97. The minimum absolute atomic E-state index is 0.727. The number of anilines is 1. The Morgan fingerprint density at radius 2 is 2.00 bits per heavy atom. The first-order valence-corrected chi connectivity index (χ1v) is 5.62. The topological polar surface area (TPSA) is 42.1 Å². The molecule has 15 heavy (non-hydrogen) atoms. The third-order valence-corrected chi connectivity index (χ3v) is 3.12. The minimum Gasteiger partial charge on any atom is -0.289 e. The summed E-state index contributed by atoms with van der Waals surface area (Å²) < 4.78 is 0. The fraction of sp³-hybridized carbons (Fsp3) is 0.100. The highest BCUT2D eigenvalue weighted by atomic mass is 35.5. The van der Waals surface area contributed by atoms with E-state index in [9.17, 15) is 0 Å². The smallest absolute Gasteiger partial charge is 0.199 e. The summed E-state index contributed by atoms with van der Waals surface area (Å²) in [7, 11) is 1.77. The molecule has 0 unspecified atom stereocenters. The van der Waals surface area contributed by atoms with E-state index in [1.807, 2.05) is 29.6 Å². The Kier molecular flexibility index (Phi) is 2.90. The third-order valence-electron chi connectivity index (χ3n) is 1.93. The number of aromatic nitrogens is 1. The summed E-state index contributed by atoms with van der Waals surface area (Å²) in [5, 5.41) is 5.00. The van der Waals surface area contributed by atoms with Gasteiger partial charge in [0, 0.05) is 23.0 Å². The van der Waals surface area contributed by atoms with Crippen LogP contribution >= 0.6 is 22.9 Å². The lowest BCUT2D eigenvalue weighted by Gasteiger charge is -2.05. The molecule has 3 nitrogen and oxygen atoms in total. The van der Waals surface area contributed by atoms with Crippen molar-refractivity contribution in [2.75, 3.05) is 12.1 Å². The van der Waals surface area contributed by atoms with Gasteiger partial charge in [-0.25, -0.2) is 10.8 Å². The van der Waals surface area contributed by atoms with Crippen LogP contribution in [0.2, 0.25) is 5.02 Å². The summed E-state index contributed by atoms with van der Waals surface area (Å²) in [6.07, 6.45) is 0. The molecule has 0 spiro atoms. The van der Waals surface area contributed by atoms with Crippen LogP contribution in [-0.4, -0.2) is 12.0 Å². The number of hydrogen-bond acceptors (Lipinski definition) is 4. The Balaban J connectivity index is 2.33. The Labute approximate surface area is 97.1 Å². The Morgan fingerprint density at radius 1 is 1.33 bits per heavy atom. The van der Waals surface area contributed by atoms with E-state index in [0.29, 0.717) is 0 Å². The molecule has 0 aliphatic heterocycles. The maximum atomic E-state index is 5.81. The lowest BCUT2D eigenvalue weighted by molar-refractivity contribution is 1.00. The zero-order valence-corrected chi connectivity index (χ0v) is 9.72. The van der Waals surface area contributed by atoms with Crippen LogP contribution in [0.5, 0.6) is 0 Å². The Hall–Kier alpha value is -1.10. The molecule has 0 fully saturated rings. The zero-order chi connectivity index (χ0) is 10.8. The fourth-order valence-electron chi connectivity index (χ4n) is 1.18. The SMILES string of the molecule is CN(N)c1nc(-c2ccc(Cl)cc2)cs1. The predicted octanol–water partition coefficient (Wildman–Crippen LogP) is 2.77. The molecule has 0 radical (unpaired) electrons. The molecular formula is C10H10ClN3S. The van der Waals surface area contributed by atoms with Crippen molar-refractivity contribution in [3.05, 3.63) is 34.7 Å². The largest absolute Gasteiger partial charge is 0.289 e. The monoisotopic (exact) mass is 239 g/mol. The highest BCUT2D eigenvalue weighted by Crippen LogP contribution is 2.26. The fourth-order valence-corrected chi connectivity index (χ4v) is 2.03. The van der Waals surface area contributed by atoms with Gasteiger partial charge in [0.2, 0.25) is 0 Å². The molecule has 2 rings (SSSR count). The molecule has 2 aromatic rings. The molecule has 0 amide bonds. The number of halogens is 1. The van der Waals surface area contributed by atoms with E-state index in [2.05, 4.69) is 4.98 Å². The van der Waals surface area contributed by atoms with Crippen LogP contribution in [0, 0.1) is 0 Å². The van der Waals surface area contributed by atoms with E-state index in [0.717, 1.165) is 21.4 Å². The number of benzene rings is 1. The van der Waals surface area contributed by atoms with Crippen LogP contribution in [0.15, 0.2) is 29.6 Å². The van der Waals surface area contributed by atoms with Crippen LogP contribution in [0.25, 0.3) is 11.3 Å². The highest BCUT2D eigenvalue weighted by molar-refractivity contribution is 7.14. The summed E-state index contributed by atoms with van der Waals surface area (Å²) in [5.74, 6) is 5.59. The number of hydrogen-bond donors (Lipinski definition) is 1. The van der Waals surface area contributed by atoms with Crippen molar-refractivity contribution in [3.63, 3.8) is 0 Å². The van der Waals surface area contributed by atoms with Crippen LogP contribution in [-0.2, 0) is 0 Å². The van der Waals surface area contributed by atoms with Gasteiger partial charge in [0.05, 0.1) is 5.69 Å². The summed E-state index contributed by atoms with van der Waals surface area (Å²) in [6, 6.07) is 7.58. The van der Waals surface area contributed by atoms with Gasteiger partial charge in [-0.05, 0) is 12.1 Å². The maximum absolute atomic E-state index is 5.81. The van der Waals surface area contributed by atoms with Gasteiger partial charge < -0.3 is 0 Å². The van der Waals surface area contributed by atoms with Gasteiger partial charge in [0.15, 0.2) is 5.13 Å². The molecule has 1 aromatic heterocycles. The van der Waals surface area contributed by atoms with Crippen LogP contribution in [0.4, 0.5) is 5.13 Å². The molecule has 2 N–H and O–H groups in total. The molecule has 1 aromatic carbocycles. The van der Waals surface area contributed by atoms with Crippen molar-refractivity contribution in [1.82, 2.24) is 4.98 Å². The standard InChI is InChI=1S/C10H10ClN3S/c1-14(12)10-13-9(6-15-10)7-2-4-8(11)5-3-7/h2-6H,12H2,1H3. The average Bonchev–Trinajstić information content (AvgIpc) is 2.68. The van der Waals surface area contributed by atoms with E-state index in [1.54, 1.807) is 7.05 Å². The molecular weight excluding hydrogens is 230 g/mol. The summed E-state index contributed by atoms with van der Waals surface area (Å²) in [6.45, 7) is 0. The second-order valence-electron chi connectivity index (χ2n) is 3.13. The van der Waals surface area contributed by atoms with Gasteiger partial charge in [0.1, 0.15) is 0 Å². The van der Waals surface area contributed by atoms with E-state index < -0.39 is 0 Å². The second kappa shape index (κ2) is 4.18. The molecule has 0 saturated heterocycles. The number of hydrazine groups is 1. The molecule has 1 heterocycles. The number of thiazole rings is 1. The minimum atomic E-state index is 0.727. The van der Waals surface area contributed by atoms with Gasteiger partial charge >= 0.3 is 0 Å². The number of nitrogens with zero attached hydrogens (tertiary/aromatic N) is 2. The van der Waals surface area contributed by atoms with Gasteiger partial charge in [-0.15, -0.1) is 11.3 Å².